The monoisotopic (exact) mass is 240 g/mol. The fourth-order valence-corrected chi connectivity index (χ4v) is 3.09. The summed E-state index contributed by atoms with van der Waals surface area (Å²) < 4.78 is 0. The number of hydrogen-bond acceptors (Lipinski definition) is 3. The van der Waals surface area contributed by atoms with Gasteiger partial charge in [0.05, 0.1) is 12.1 Å². The standard InChI is InChI=1S/C13H24N2O2/c1-12(2)10(13(12,3)4)7-15-11(17)9-5-8(16)6-14-9/h8-10,14,16H,5-7H2,1-4H3,(H,15,17). The molecule has 1 saturated heterocycles. The van der Waals surface area contributed by atoms with Gasteiger partial charge in [-0.25, -0.2) is 0 Å². The lowest BCUT2D eigenvalue weighted by Gasteiger charge is -2.11. The molecule has 2 aliphatic rings. The second-order valence-corrected chi connectivity index (χ2v) is 6.59. The van der Waals surface area contributed by atoms with Crippen molar-refractivity contribution in [1.82, 2.24) is 10.6 Å². The maximum absolute atomic E-state index is 11.9. The molecule has 3 N–H and O–H groups in total. The van der Waals surface area contributed by atoms with Crippen molar-refractivity contribution in [3.8, 4) is 0 Å². The van der Waals surface area contributed by atoms with Crippen LogP contribution in [0.4, 0.5) is 0 Å². The number of nitrogens with one attached hydrogen (secondary N) is 2. The number of rotatable bonds is 3. The minimum absolute atomic E-state index is 0.0278. The molecule has 0 aromatic heterocycles. The molecule has 1 saturated carbocycles. The van der Waals surface area contributed by atoms with Crippen LogP contribution in [0, 0.1) is 16.7 Å². The van der Waals surface area contributed by atoms with E-state index in [0.717, 1.165) is 6.54 Å². The zero-order valence-corrected chi connectivity index (χ0v) is 11.2. The van der Waals surface area contributed by atoms with Gasteiger partial charge in [-0.1, -0.05) is 27.7 Å². The SMILES string of the molecule is CC1(C)C(CNC(=O)C2CC(O)CN2)C1(C)C. The zero-order valence-electron chi connectivity index (χ0n) is 11.2. The Morgan fingerprint density at radius 3 is 2.35 bits per heavy atom. The molecule has 1 aliphatic carbocycles. The molecular weight excluding hydrogens is 216 g/mol. The number of hydrogen-bond donors (Lipinski definition) is 3. The summed E-state index contributed by atoms with van der Waals surface area (Å²) in [7, 11) is 0. The molecule has 0 radical (unpaired) electrons. The fourth-order valence-electron chi connectivity index (χ4n) is 3.09. The average molecular weight is 240 g/mol. The van der Waals surface area contributed by atoms with E-state index in [4.69, 9.17) is 0 Å². The topological polar surface area (TPSA) is 61.4 Å². The van der Waals surface area contributed by atoms with Crippen molar-refractivity contribution in [2.45, 2.75) is 46.3 Å². The van der Waals surface area contributed by atoms with Crippen LogP contribution in [0.5, 0.6) is 0 Å². The van der Waals surface area contributed by atoms with E-state index in [1.165, 1.54) is 0 Å². The van der Waals surface area contributed by atoms with Gasteiger partial charge >= 0.3 is 0 Å². The normalized spacial score (nSPS) is 34.6. The van der Waals surface area contributed by atoms with E-state index in [1.54, 1.807) is 0 Å². The van der Waals surface area contributed by atoms with Gasteiger partial charge in [0.25, 0.3) is 0 Å². The first-order chi connectivity index (χ1) is 7.76. The van der Waals surface area contributed by atoms with Crippen molar-refractivity contribution in [1.29, 1.82) is 0 Å². The minimum atomic E-state index is -0.375. The van der Waals surface area contributed by atoms with Gasteiger partial charge in [-0.2, -0.15) is 0 Å². The highest BCUT2D eigenvalue weighted by atomic mass is 16.3. The molecule has 2 fully saturated rings. The van der Waals surface area contributed by atoms with Crippen molar-refractivity contribution in [2.75, 3.05) is 13.1 Å². The van der Waals surface area contributed by atoms with Crippen LogP contribution >= 0.6 is 0 Å². The summed E-state index contributed by atoms with van der Waals surface area (Å²) in [6.45, 7) is 10.3. The van der Waals surface area contributed by atoms with Crippen molar-refractivity contribution in [3.63, 3.8) is 0 Å². The number of β-amino-alcohol motifs (C(OH)–C–C–N with tert-alkyl or cyclic N) is 1. The number of aliphatic hydroxyl groups is 1. The van der Waals surface area contributed by atoms with Gasteiger partial charge in [-0.3, -0.25) is 4.79 Å². The maximum atomic E-state index is 11.9. The average Bonchev–Trinajstić information content (AvgIpc) is 2.55. The molecule has 2 unspecified atom stereocenters. The Morgan fingerprint density at radius 2 is 1.94 bits per heavy atom. The molecule has 2 rings (SSSR count). The molecule has 17 heavy (non-hydrogen) atoms. The predicted molar refractivity (Wildman–Crippen MR) is 66.5 cm³/mol. The van der Waals surface area contributed by atoms with Crippen molar-refractivity contribution in [2.24, 2.45) is 16.7 Å². The van der Waals surface area contributed by atoms with E-state index in [2.05, 4.69) is 38.3 Å². The van der Waals surface area contributed by atoms with Crippen LogP contribution in [0.2, 0.25) is 0 Å². The molecule has 98 valence electrons. The van der Waals surface area contributed by atoms with Crippen molar-refractivity contribution < 1.29 is 9.90 Å². The van der Waals surface area contributed by atoms with E-state index in [1.807, 2.05) is 0 Å². The van der Waals surface area contributed by atoms with Gasteiger partial charge in [-0.15, -0.1) is 0 Å². The van der Waals surface area contributed by atoms with Crippen LogP contribution in [0.1, 0.15) is 34.1 Å². The molecule has 1 amide bonds. The Kier molecular flexibility index (Phi) is 2.99. The van der Waals surface area contributed by atoms with Crippen molar-refractivity contribution in [3.05, 3.63) is 0 Å². The number of amides is 1. The summed E-state index contributed by atoms with van der Waals surface area (Å²) in [6.07, 6.45) is 0.156. The second kappa shape index (κ2) is 3.95. The summed E-state index contributed by atoms with van der Waals surface area (Å²) in [6, 6.07) is -0.213. The lowest BCUT2D eigenvalue weighted by atomic mass is 10.0. The second-order valence-electron chi connectivity index (χ2n) is 6.59. The van der Waals surface area contributed by atoms with E-state index in [9.17, 15) is 9.90 Å². The van der Waals surface area contributed by atoms with Crippen LogP contribution in [0.3, 0.4) is 0 Å². The number of aliphatic hydroxyl groups excluding tert-OH is 1. The first-order valence-corrected chi connectivity index (χ1v) is 6.46. The predicted octanol–water partition coefficient (Wildman–Crippen LogP) is 0.508. The molecule has 4 heteroatoms. The third-order valence-corrected chi connectivity index (χ3v) is 5.22. The highest BCUT2D eigenvalue weighted by molar-refractivity contribution is 5.82. The van der Waals surface area contributed by atoms with Crippen molar-refractivity contribution >= 4 is 5.91 Å². The quantitative estimate of drug-likeness (QED) is 0.673. The Morgan fingerprint density at radius 1 is 1.35 bits per heavy atom. The van der Waals surface area contributed by atoms with Gasteiger partial charge in [0.2, 0.25) is 5.91 Å². The summed E-state index contributed by atoms with van der Waals surface area (Å²) in [5, 5.41) is 15.4. The number of carbonyl (C=O) groups is 1. The Bertz CT molecular complexity index is 311. The smallest absolute Gasteiger partial charge is 0.237 e. The van der Waals surface area contributed by atoms with Crippen LogP contribution in [-0.2, 0) is 4.79 Å². The molecule has 0 bridgehead atoms. The molecular formula is C13H24N2O2. The van der Waals surface area contributed by atoms with E-state index < -0.39 is 0 Å². The largest absolute Gasteiger partial charge is 0.392 e. The third-order valence-electron chi connectivity index (χ3n) is 5.22. The Balaban J connectivity index is 1.79. The molecule has 2 atom stereocenters. The molecule has 0 aromatic carbocycles. The minimum Gasteiger partial charge on any atom is -0.392 e. The Hall–Kier alpha value is -0.610. The molecule has 1 heterocycles. The van der Waals surface area contributed by atoms with Gasteiger partial charge in [0.1, 0.15) is 0 Å². The summed E-state index contributed by atoms with van der Waals surface area (Å²) >= 11 is 0. The lowest BCUT2D eigenvalue weighted by Crippen LogP contribution is -2.41. The molecule has 1 aliphatic heterocycles. The summed E-state index contributed by atoms with van der Waals surface area (Å²) in [5.74, 6) is 0.574. The van der Waals surface area contributed by atoms with Crippen LogP contribution in [0.25, 0.3) is 0 Å². The zero-order chi connectivity index (χ0) is 12.8. The highest BCUT2D eigenvalue weighted by Gasteiger charge is 2.64. The highest BCUT2D eigenvalue weighted by Crippen LogP contribution is 2.67. The van der Waals surface area contributed by atoms with Crippen LogP contribution in [0.15, 0.2) is 0 Å². The molecule has 0 aromatic rings. The summed E-state index contributed by atoms with van der Waals surface area (Å²) in [5.41, 5.74) is 0.617. The summed E-state index contributed by atoms with van der Waals surface area (Å²) in [4.78, 5) is 11.9. The first kappa shape index (κ1) is 12.8. The Labute approximate surface area is 103 Å². The van der Waals surface area contributed by atoms with Gasteiger partial charge < -0.3 is 15.7 Å². The lowest BCUT2D eigenvalue weighted by molar-refractivity contribution is -0.123. The number of carbonyl (C=O) groups excluding carboxylic acids is 1. The maximum Gasteiger partial charge on any atom is 0.237 e. The third kappa shape index (κ3) is 2.08. The van der Waals surface area contributed by atoms with Gasteiger partial charge in [0, 0.05) is 13.1 Å². The van der Waals surface area contributed by atoms with Gasteiger partial charge in [0.15, 0.2) is 0 Å². The molecule has 0 spiro atoms. The van der Waals surface area contributed by atoms with Crippen LogP contribution in [-0.4, -0.2) is 36.2 Å². The van der Waals surface area contributed by atoms with E-state index >= 15 is 0 Å². The van der Waals surface area contributed by atoms with Crippen LogP contribution < -0.4 is 10.6 Å². The fraction of sp³-hybridized carbons (Fsp3) is 0.923. The van der Waals surface area contributed by atoms with E-state index in [-0.39, 0.29) is 18.1 Å². The molecule has 4 nitrogen and oxygen atoms in total. The first-order valence-electron chi connectivity index (χ1n) is 6.46. The van der Waals surface area contributed by atoms with Gasteiger partial charge in [-0.05, 0) is 23.2 Å². The van der Waals surface area contributed by atoms with E-state index in [0.29, 0.717) is 29.7 Å².